The van der Waals surface area contributed by atoms with Crippen molar-refractivity contribution in [2.75, 3.05) is 20.2 Å². The Labute approximate surface area is 111 Å². The van der Waals surface area contributed by atoms with Crippen molar-refractivity contribution in [2.45, 2.75) is 13.3 Å². The number of aliphatic carboxylic acids is 1. The van der Waals surface area contributed by atoms with E-state index in [1.807, 2.05) is 0 Å². The second-order valence-corrected chi connectivity index (χ2v) is 5.07. The first-order valence-electron chi connectivity index (χ1n) is 6.13. The lowest BCUT2D eigenvalue weighted by atomic mass is 9.90. The lowest BCUT2D eigenvalue weighted by Crippen LogP contribution is -2.34. The van der Waals surface area contributed by atoms with Crippen molar-refractivity contribution < 1.29 is 19.4 Å². The quantitative estimate of drug-likeness (QED) is 0.900. The predicted molar refractivity (Wildman–Crippen MR) is 69.3 cm³/mol. The first-order valence-corrected chi connectivity index (χ1v) is 6.13. The van der Waals surface area contributed by atoms with Gasteiger partial charge in [0.15, 0.2) is 0 Å². The van der Waals surface area contributed by atoms with E-state index >= 15 is 0 Å². The van der Waals surface area contributed by atoms with Gasteiger partial charge in [-0.1, -0.05) is 6.07 Å². The van der Waals surface area contributed by atoms with Crippen LogP contribution < -0.4 is 4.74 Å². The van der Waals surface area contributed by atoms with Gasteiger partial charge in [0.2, 0.25) is 0 Å². The molecule has 0 aliphatic carbocycles. The molecule has 0 saturated carbocycles. The molecule has 5 heteroatoms. The summed E-state index contributed by atoms with van der Waals surface area (Å²) in [5, 5.41) is 9.17. The topological polar surface area (TPSA) is 66.8 Å². The van der Waals surface area contributed by atoms with Crippen LogP contribution in [0.2, 0.25) is 0 Å². The molecular weight excluding hydrogens is 246 g/mol. The Bertz CT molecular complexity index is 514. The van der Waals surface area contributed by atoms with Gasteiger partial charge in [0.25, 0.3) is 5.91 Å². The largest absolute Gasteiger partial charge is 0.497 e. The van der Waals surface area contributed by atoms with E-state index in [1.54, 1.807) is 43.2 Å². The number of likely N-dealkylation sites (tertiary alicyclic amines) is 1. The fraction of sp³-hybridized carbons (Fsp3) is 0.429. The predicted octanol–water partition coefficient (Wildman–Crippen LogP) is 1.63. The van der Waals surface area contributed by atoms with E-state index < -0.39 is 11.4 Å². The Hall–Kier alpha value is -2.04. The van der Waals surface area contributed by atoms with E-state index in [4.69, 9.17) is 9.84 Å². The number of hydrogen-bond acceptors (Lipinski definition) is 3. The van der Waals surface area contributed by atoms with Crippen molar-refractivity contribution >= 4 is 11.9 Å². The third-order valence-electron chi connectivity index (χ3n) is 3.59. The number of hydrogen-bond donors (Lipinski definition) is 1. The van der Waals surface area contributed by atoms with Crippen LogP contribution in [0.3, 0.4) is 0 Å². The molecule has 0 unspecified atom stereocenters. The summed E-state index contributed by atoms with van der Waals surface area (Å²) in [6.07, 6.45) is 0.484. The minimum absolute atomic E-state index is 0.149. The average Bonchev–Trinajstić information content (AvgIpc) is 2.82. The molecule has 1 aliphatic heterocycles. The fourth-order valence-corrected chi connectivity index (χ4v) is 2.25. The average molecular weight is 263 g/mol. The molecule has 0 bridgehead atoms. The van der Waals surface area contributed by atoms with Crippen molar-refractivity contribution in [3.63, 3.8) is 0 Å². The second kappa shape index (κ2) is 4.91. The molecule has 1 aromatic carbocycles. The van der Waals surface area contributed by atoms with Crippen LogP contribution in [-0.2, 0) is 4.79 Å². The molecule has 1 aromatic rings. The molecule has 0 aromatic heterocycles. The lowest BCUT2D eigenvalue weighted by Gasteiger charge is -2.20. The summed E-state index contributed by atoms with van der Waals surface area (Å²) < 4.78 is 5.08. The maximum atomic E-state index is 12.3. The van der Waals surface area contributed by atoms with Crippen LogP contribution in [0, 0.1) is 5.41 Å². The normalized spacial score (nSPS) is 22.3. The molecule has 19 heavy (non-hydrogen) atoms. The number of nitrogens with zero attached hydrogens (tertiary/aromatic N) is 1. The van der Waals surface area contributed by atoms with Crippen LogP contribution >= 0.6 is 0 Å². The number of carbonyl (C=O) groups is 2. The highest BCUT2D eigenvalue weighted by atomic mass is 16.5. The third kappa shape index (κ3) is 2.54. The first-order chi connectivity index (χ1) is 8.96. The summed E-state index contributed by atoms with van der Waals surface area (Å²) in [5.74, 6) is -0.386. The van der Waals surface area contributed by atoms with Gasteiger partial charge in [-0.3, -0.25) is 9.59 Å². The van der Waals surface area contributed by atoms with Gasteiger partial charge in [0.1, 0.15) is 5.75 Å². The van der Waals surface area contributed by atoms with Crippen molar-refractivity contribution in [3.05, 3.63) is 29.8 Å². The number of carbonyl (C=O) groups excluding carboxylic acids is 1. The first kappa shape index (κ1) is 13.4. The number of amides is 1. The van der Waals surface area contributed by atoms with Gasteiger partial charge in [-0.2, -0.15) is 0 Å². The van der Waals surface area contributed by atoms with Gasteiger partial charge >= 0.3 is 5.97 Å². The Morgan fingerprint density at radius 1 is 1.42 bits per heavy atom. The van der Waals surface area contributed by atoms with Gasteiger partial charge in [-0.15, -0.1) is 0 Å². The Morgan fingerprint density at radius 2 is 2.16 bits per heavy atom. The minimum Gasteiger partial charge on any atom is -0.497 e. The molecule has 1 N–H and O–H groups in total. The summed E-state index contributed by atoms with van der Waals surface area (Å²) in [6.45, 7) is 2.39. The fourth-order valence-electron chi connectivity index (χ4n) is 2.25. The zero-order chi connectivity index (χ0) is 14.0. The molecule has 2 rings (SSSR count). The summed E-state index contributed by atoms with van der Waals surface area (Å²) >= 11 is 0. The molecule has 0 radical (unpaired) electrons. The minimum atomic E-state index is -0.853. The van der Waals surface area contributed by atoms with Crippen LogP contribution in [-0.4, -0.2) is 42.1 Å². The molecule has 1 fully saturated rings. The van der Waals surface area contributed by atoms with Crippen molar-refractivity contribution in [1.29, 1.82) is 0 Å². The standard InChI is InChI=1S/C14H17NO4/c1-14(13(17)18)6-7-15(9-14)12(16)10-4-3-5-11(8-10)19-2/h3-5,8H,6-7,9H2,1-2H3,(H,17,18)/t14-/m0/s1. The lowest BCUT2D eigenvalue weighted by molar-refractivity contribution is -0.147. The number of methoxy groups -OCH3 is 1. The number of carboxylic acid groups (broad SMARTS) is 1. The SMILES string of the molecule is COc1cccc(C(=O)N2CC[C@](C)(C(=O)O)C2)c1. The van der Waals surface area contributed by atoms with Crippen LogP contribution in [0.5, 0.6) is 5.75 Å². The Morgan fingerprint density at radius 3 is 2.74 bits per heavy atom. The highest BCUT2D eigenvalue weighted by Gasteiger charge is 2.42. The van der Waals surface area contributed by atoms with Crippen molar-refractivity contribution in [3.8, 4) is 5.75 Å². The van der Waals surface area contributed by atoms with Gasteiger partial charge in [-0.05, 0) is 31.5 Å². The summed E-state index contributed by atoms with van der Waals surface area (Å²) in [5.41, 5.74) is -0.317. The van der Waals surface area contributed by atoms with Gasteiger partial charge in [0.05, 0.1) is 12.5 Å². The van der Waals surface area contributed by atoms with E-state index in [2.05, 4.69) is 0 Å². The third-order valence-corrected chi connectivity index (χ3v) is 3.59. The van der Waals surface area contributed by atoms with E-state index in [9.17, 15) is 9.59 Å². The second-order valence-electron chi connectivity index (χ2n) is 5.07. The smallest absolute Gasteiger partial charge is 0.311 e. The van der Waals surface area contributed by atoms with Crippen molar-refractivity contribution in [2.24, 2.45) is 5.41 Å². The highest BCUT2D eigenvalue weighted by molar-refractivity contribution is 5.95. The molecule has 1 atom stereocenters. The molecule has 1 heterocycles. The van der Waals surface area contributed by atoms with Crippen LogP contribution in [0.1, 0.15) is 23.7 Å². The molecular formula is C14H17NO4. The van der Waals surface area contributed by atoms with Crippen LogP contribution in [0.25, 0.3) is 0 Å². The highest BCUT2D eigenvalue weighted by Crippen LogP contribution is 2.31. The zero-order valence-corrected chi connectivity index (χ0v) is 11.0. The van der Waals surface area contributed by atoms with E-state index in [0.29, 0.717) is 24.3 Å². The van der Waals surface area contributed by atoms with Gasteiger partial charge < -0.3 is 14.7 Å². The molecule has 1 aliphatic rings. The monoisotopic (exact) mass is 263 g/mol. The van der Waals surface area contributed by atoms with Crippen LogP contribution in [0.4, 0.5) is 0 Å². The summed E-state index contributed by atoms with van der Waals surface area (Å²) in [7, 11) is 1.54. The van der Waals surface area contributed by atoms with Gasteiger partial charge in [-0.25, -0.2) is 0 Å². The molecule has 102 valence electrons. The van der Waals surface area contributed by atoms with E-state index in [1.165, 1.54) is 0 Å². The summed E-state index contributed by atoms with van der Waals surface area (Å²) in [4.78, 5) is 25.1. The maximum absolute atomic E-state index is 12.3. The molecule has 1 amide bonds. The van der Waals surface area contributed by atoms with E-state index in [0.717, 1.165) is 0 Å². The number of rotatable bonds is 3. The Kier molecular flexibility index (Phi) is 3.46. The molecule has 5 nitrogen and oxygen atoms in total. The van der Waals surface area contributed by atoms with E-state index in [-0.39, 0.29) is 12.5 Å². The molecule has 0 spiro atoms. The number of carboxylic acids is 1. The Balaban J connectivity index is 2.15. The zero-order valence-electron chi connectivity index (χ0n) is 11.0. The number of ether oxygens (including phenoxy) is 1. The van der Waals surface area contributed by atoms with Crippen LogP contribution in [0.15, 0.2) is 24.3 Å². The maximum Gasteiger partial charge on any atom is 0.311 e. The van der Waals surface area contributed by atoms with Gasteiger partial charge in [0, 0.05) is 18.7 Å². The number of benzene rings is 1. The molecule has 1 saturated heterocycles. The van der Waals surface area contributed by atoms with Crippen molar-refractivity contribution in [1.82, 2.24) is 4.90 Å². The summed E-state index contributed by atoms with van der Waals surface area (Å²) in [6, 6.07) is 6.89.